The molecule has 0 saturated carbocycles. The SMILES string of the molecule is Clc1ccc2c(N/N=C3\CC(c4ccccc4)c4ccccc43)ccnc2c1. The number of hydrogen-bond acceptors (Lipinski definition) is 3. The third-order valence-electron chi connectivity index (χ3n) is 5.26. The summed E-state index contributed by atoms with van der Waals surface area (Å²) >= 11 is 6.09. The Morgan fingerprint density at radius 1 is 0.929 bits per heavy atom. The average molecular weight is 384 g/mol. The fourth-order valence-corrected chi connectivity index (χ4v) is 4.08. The first-order valence-corrected chi connectivity index (χ1v) is 9.68. The van der Waals surface area contributed by atoms with Crippen LogP contribution in [0.25, 0.3) is 10.9 Å². The van der Waals surface area contributed by atoms with Crippen LogP contribution in [0.1, 0.15) is 29.0 Å². The Balaban J connectivity index is 1.51. The van der Waals surface area contributed by atoms with Crippen LogP contribution >= 0.6 is 11.6 Å². The van der Waals surface area contributed by atoms with Crippen LogP contribution < -0.4 is 5.43 Å². The van der Waals surface area contributed by atoms with Crippen molar-refractivity contribution in [2.24, 2.45) is 5.10 Å². The number of nitrogens with zero attached hydrogens (tertiary/aromatic N) is 2. The van der Waals surface area contributed by atoms with E-state index in [1.807, 2.05) is 24.3 Å². The Morgan fingerprint density at radius 2 is 1.75 bits per heavy atom. The molecule has 1 heterocycles. The number of aromatic nitrogens is 1. The summed E-state index contributed by atoms with van der Waals surface area (Å²) < 4.78 is 0. The molecular weight excluding hydrogens is 366 g/mol. The number of pyridine rings is 1. The standard InChI is InChI=1S/C24H18ClN3/c25-17-10-11-20-22(12-13-26-23(20)14-17)27-28-24-15-21(16-6-2-1-3-7-16)18-8-4-5-9-19(18)24/h1-14,21H,15H2,(H,26,27)/b28-24+. The molecule has 1 N–H and O–H groups in total. The van der Waals surface area contributed by atoms with E-state index >= 15 is 0 Å². The van der Waals surface area contributed by atoms with Gasteiger partial charge in [0.25, 0.3) is 0 Å². The van der Waals surface area contributed by atoms with Crippen LogP contribution in [0.5, 0.6) is 0 Å². The monoisotopic (exact) mass is 383 g/mol. The number of anilines is 1. The van der Waals surface area contributed by atoms with Gasteiger partial charge in [-0.3, -0.25) is 10.4 Å². The van der Waals surface area contributed by atoms with E-state index in [1.165, 1.54) is 16.7 Å². The topological polar surface area (TPSA) is 37.3 Å². The van der Waals surface area contributed by atoms with Gasteiger partial charge < -0.3 is 0 Å². The first kappa shape index (κ1) is 17.0. The van der Waals surface area contributed by atoms with Crippen molar-refractivity contribution in [3.8, 4) is 0 Å². The van der Waals surface area contributed by atoms with Crippen LogP contribution in [-0.4, -0.2) is 10.7 Å². The number of hydrogen-bond donors (Lipinski definition) is 1. The number of rotatable bonds is 3. The number of fused-ring (bicyclic) bond motifs is 2. The minimum Gasteiger partial charge on any atom is -0.277 e. The predicted molar refractivity (Wildman–Crippen MR) is 116 cm³/mol. The lowest BCUT2D eigenvalue weighted by atomic mass is 9.93. The van der Waals surface area contributed by atoms with Crippen molar-refractivity contribution in [3.05, 3.63) is 107 Å². The Labute approximate surface area is 168 Å². The lowest BCUT2D eigenvalue weighted by Gasteiger charge is -2.10. The van der Waals surface area contributed by atoms with E-state index in [0.29, 0.717) is 10.9 Å². The minimum atomic E-state index is 0.339. The zero-order valence-electron chi connectivity index (χ0n) is 15.1. The van der Waals surface area contributed by atoms with Gasteiger partial charge in [-0.2, -0.15) is 5.10 Å². The van der Waals surface area contributed by atoms with E-state index in [9.17, 15) is 0 Å². The molecule has 0 saturated heterocycles. The third kappa shape index (κ3) is 3.04. The smallest absolute Gasteiger partial charge is 0.0738 e. The van der Waals surface area contributed by atoms with Gasteiger partial charge >= 0.3 is 0 Å². The Kier molecular flexibility index (Phi) is 4.30. The van der Waals surface area contributed by atoms with Crippen LogP contribution in [-0.2, 0) is 0 Å². The minimum absolute atomic E-state index is 0.339. The maximum atomic E-state index is 6.09. The summed E-state index contributed by atoms with van der Waals surface area (Å²) in [6.45, 7) is 0. The fraction of sp³-hybridized carbons (Fsp3) is 0.0833. The van der Waals surface area contributed by atoms with Gasteiger partial charge in [0.15, 0.2) is 0 Å². The maximum Gasteiger partial charge on any atom is 0.0738 e. The lowest BCUT2D eigenvalue weighted by Crippen LogP contribution is -2.01. The van der Waals surface area contributed by atoms with Crippen molar-refractivity contribution in [1.29, 1.82) is 0 Å². The highest BCUT2D eigenvalue weighted by Crippen LogP contribution is 2.38. The maximum absolute atomic E-state index is 6.09. The van der Waals surface area contributed by atoms with Gasteiger partial charge in [-0.05, 0) is 35.4 Å². The molecule has 0 bridgehead atoms. The van der Waals surface area contributed by atoms with Gasteiger partial charge in [0, 0.05) is 34.5 Å². The Morgan fingerprint density at radius 3 is 2.64 bits per heavy atom. The first-order chi connectivity index (χ1) is 13.8. The molecule has 4 heteroatoms. The van der Waals surface area contributed by atoms with Gasteiger partial charge in [0.1, 0.15) is 0 Å². The van der Waals surface area contributed by atoms with E-state index in [1.54, 1.807) is 6.20 Å². The highest BCUT2D eigenvalue weighted by Gasteiger charge is 2.28. The molecule has 136 valence electrons. The predicted octanol–water partition coefficient (Wildman–Crippen LogP) is 6.24. The molecule has 3 nitrogen and oxygen atoms in total. The molecule has 1 unspecified atom stereocenters. The van der Waals surface area contributed by atoms with Gasteiger partial charge in [0.05, 0.1) is 16.9 Å². The molecule has 1 aliphatic carbocycles. The van der Waals surface area contributed by atoms with E-state index < -0.39 is 0 Å². The molecular formula is C24H18ClN3. The highest BCUT2D eigenvalue weighted by molar-refractivity contribution is 6.31. The Hall–Kier alpha value is -3.17. The van der Waals surface area contributed by atoms with Crippen LogP contribution in [0.15, 0.2) is 90.2 Å². The van der Waals surface area contributed by atoms with E-state index in [0.717, 1.165) is 28.7 Å². The van der Waals surface area contributed by atoms with Crippen molar-refractivity contribution in [2.75, 3.05) is 5.43 Å². The quantitative estimate of drug-likeness (QED) is 0.425. The molecule has 1 aromatic heterocycles. The molecule has 5 rings (SSSR count). The molecule has 0 aliphatic heterocycles. The number of hydrazone groups is 1. The molecule has 3 aromatic carbocycles. The Bertz CT molecular complexity index is 1180. The molecule has 4 aromatic rings. The van der Waals surface area contributed by atoms with Crippen molar-refractivity contribution in [1.82, 2.24) is 4.98 Å². The molecule has 0 amide bonds. The molecule has 0 spiro atoms. The summed E-state index contributed by atoms with van der Waals surface area (Å²) in [6.07, 6.45) is 2.65. The van der Waals surface area contributed by atoms with Gasteiger partial charge in [-0.1, -0.05) is 66.2 Å². The number of nitrogens with one attached hydrogen (secondary N) is 1. The van der Waals surface area contributed by atoms with Crippen LogP contribution in [0.2, 0.25) is 5.02 Å². The first-order valence-electron chi connectivity index (χ1n) is 9.31. The van der Waals surface area contributed by atoms with E-state index in [4.69, 9.17) is 16.7 Å². The number of benzene rings is 3. The third-order valence-corrected chi connectivity index (χ3v) is 5.50. The van der Waals surface area contributed by atoms with Gasteiger partial charge in [-0.15, -0.1) is 0 Å². The van der Waals surface area contributed by atoms with E-state index in [2.05, 4.69) is 65.0 Å². The summed E-state index contributed by atoms with van der Waals surface area (Å²) in [6, 6.07) is 26.8. The van der Waals surface area contributed by atoms with Crippen LogP contribution in [0.3, 0.4) is 0 Å². The summed E-state index contributed by atoms with van der Waals surface area (Å²) in [7, 11) is 0. The normalized spacial score (nSPS) is 17.0. The van der Waals surface area contributed by atoms with Crippen molar-refractivity contribution in [3.63, 3.8) is 0 Å². The second kappa shape index (κ2) is 7.10. The zero-order chi connectivity index (χ0) is 18.9. The van der Waals surface area contributed by atoms with Crippen molar-refractivity contribution >= 4 is 33.9 Å². The van der Waals surface area contributed by atoms with Gasteiger partial charge in [-0.25, -0.2) is 0 Å². The zero-order valence-corrected chi connectivity index (χ0v) is 15.9. The van der Waals surface area contributed by atoms with Crippen LogP contribution in [0.4, 0.5) is 5.69 Å². The molecule has 1 atom stereocenters. The fourth-order valence-electron chi connectivity index (χ4n) is 3.91. The van der Waals surface area contributed by atoms with Crippen molar-refractivity contribution < 1.29 is 0 Å². The number of halogens is 1. The average Bonchev–Trinajstić information content (AvgIpc) is 3.11. The van der Waals surface area contributed by atoms with Crippen molar-refractivity contribution in [2.45, 2.75) is 12.3 Å². The highest BCUT2D eigenvalue weighted by atomic mass is 35.5. The lowest BCUT2D eigenvalue weighted by molar-refractivity contribution is 0.888. The second-order valence-corrected chi connectivity index (χ2v) is 7.38. The molecule has 28 heavy (non-hydrogen) atoms. The summed E-state index contributed by atoms with van der Waals surface area (Å²) in [5.74, 6) is 0.339. The summed E-state index contributed by atoms with van der Waals surface area (Å²) in [5, 5.41) is 6.47. The second-order valence-electron chi connectivity index (χ2n) is 6.94. The summed E-state index contributed by atoms with van der Waals surface area (Å²) in [4.78, 5) is 4.40. The van der Waals surface area contributed by atoms with Gasteiger partial charge in [0.2, 0.25) is 0 Å². The largest absolute Gasteiger partial charge is 0.277 e. The molecule has 1 aliphatic rings. The summed E-state index contributed by atoms with van der Waals surface area (Å²) in [5.41, 5.74) is 9.99. The molecule has 0 fully saturated rings. The van der Waals surface area contributed by atoms with Crippen LogP contribution in [0, 0.1) is 0 Å². The van der Waals surface area contributed by atoms with E-state index in [-0.39, 0.29) is 0 Å². The molecule has 0 radical (unpaired) electrons.